The lowest BCUT2D eigenvalue weighted by atomic mass is 9.91. The number of aliphatic hydroxyl groups excluding tert-OH is 1. The van der Waals surface area contributed by atoms with Gasteiger partial charge in [-0.15, -0.1) is 0 Å². The Kier molecular flexibility index (Phi) is 5.57. The fourth-order valence-corrected chi connectivity index (χ4v) is 4.69. The molecule has 0 spiro atoms. The van der Waals surface area contributed by atoms with Crippen molar-refractivity contribution in [3.8, 4) is 11.5 Å². The van der Waals surface area contributed by atoms with Crippen LogP contribution in [0.4, 0.5) is 5.69 Å². The largest absolute Gasteiger partial charge is 0.507 e. The number of methoxy groups -OCH3 is 1. The van der Waals surface area contributed by atoms with Crippen molar-refractivity contribution in [2.24, 2.45) is 0 Å². The second kappa shape index (κ2) is 8.71. The molecule has 1 saturated heterocycles. The van der Waals surface area contributed by atoms with Gasteiger partial charge >= 0.3 is 0 Å². The number of amides is 1. The number of hydrogen-bond acceptors (Lipinski definition) is 5. The number of hydrogen-bond donors (Lipinski definition) is 1. The molecule has 34 heavy (non-hydrogen) atoms. The maximum absolute atomic E-state index is 13.4. The summed E-state index contributed by atoms with van der Waals surface area (Å²) >= 11 is 0. The van der Waals surface area contributed by atoms with E-state index in [1.165, 1.54) is 4.90 Å². The lowest BCUT2D eigenvalue weighted by Crippen LogP contribution is -2.29. The van der Waals surface area contributed by atoms with E-state index in [-0.39, 0.29) is 11.3 Å². The number of carbonyl (C=O) groups excluding carboxylic acids is 2. The van der Waals surface area contributed by atoms with Crippen LogP contribution in [0.1, 0.15) is 34.7 Å². The number of carbonyl (C=O) groups is 2. The van der Waals surface area contributed by atoms with E-state index in [0.29, 0.717) is 23.6 Å². The monoisotopic (exact) mass is 455 g/mol. The summed E-state index contributed by atoms with van der Waals surface area (Å²) in [6.45, 7) is 2.60. The molecule has 0 radical (unpaired) electrons. The van der Waals surface area contributed by atoms with Crippen molar-refractivity contribution in [3.63, 3.8) is 0 Å². The molecule has 0 aromatic heterocycles. The second-order valence-corrected chi connectivity index (χ2v) is 8.50. The summed E-state index contributed by atoms with van der Waals surface area (Å²) < 4.78 is 10.9. The Hall–Kier alpha value is -4.06. The number of ether oxygens (including phenoxy) is 2. The van der Waals surface area contributed by atoms with Gasteiger partial charge in [0.25, 0.3) is 11.7 Å². The molecule has 6 heteroatoms. The van der Waals surface area contributed by atoms with Crippen molar-refractivity contribution in [1.29, 1.82) is 0 Å². The van der Waals surface area contributed by atoms with Crippen LogP contribution < -0.4 is 14.4 Å². The van der Waals surface area contributed by atoms with Crippen molar-refractivity contribution in [1.82, 2.24) is 0 Å². The van der Waals surface area contributed by atoms with E-state index in [2.05, 4.69) is 0 Å². The van der Waals surface area contributed by atoms with Gasteiger partial charge < -0.3 is 14.6 Å². The van der Waals surface area contributed by atoms with Gasteiger partial charge in [-0.1, -0.05) is 24.3 Å². The molecule has 1 atom stereocenters. The van der Waals surface area contributed by atoms with Crippen molar-refractivity contribution < 1.29 is 24.2 Å². The standard InChI is InChI=1S/C28H25NO5/c1-17-6-3-4-8-22(17)25-24(26(30)19-9-14-23-18(16-19)7-5-15-34-23)27(31)28(32)29(25)20-10-12-21(33-2)13-11-20/h3-4,6,8-14,16,25,30H,5,7,15H2,1-2H3/b26-24+. The molecule has 1 N–H and O–H groups in total. The first-order valence-corrected chi connectivity index (χ1v) is 11.3. The fraction of sp³-hybridized carbons (Fsp3) is 0.214. The Morgan fingerprint density at radius 2 is 1.82 bits per heavy atom. The zero-order valence-electron chi connectivity index (χ0n) is 19.1. The summed E-state index contributed by atoms with van der Waals surface area (Å²) in [5, 5.41) is 11.4. The van der Waals surface area contributed by atoms with E-state index in [1.54, 1.807) is 37.4 Å². The molecule has 2 aliphatic heterocycles. The van der Waals surface area contributed by atoms with Crippen LogP contribution in [0.25, 0.3) is 5.76 Å². The SMILES string of the molecule is COc1ccc(N2C(=O)C(=O)/C(=C(/O)c3ccc4c(c3)CCCO4)C2c2ccccc2C)cc1. The molecule has 1 unspecified atom stereocenters. The summed E-state index contributed by atoms with van der Waals surface area (Å²) in [5.41, 5.74) is 3.79. The Labute approximate surface area is 198 Å². The van der Waals surface area contributed by atoms with Crippen LogP contribution in [0.15, 0.2) is 72.3 Å². The Morgan fingerprint density at radius 3 is 2.56 bits per heavy atom. The number of benzene rings is 3. The Balaban J connectivity index is 1.69. The smallest absolute Gasteiger partial charge is 0.300 e. The van der Waals surface area contributed by atoms with Gasteiger partial charge in [-0.05, 0) is 78.9 Å². The molecule has 1 fully saturated rings. The number of nitrogens with zero attached hydrogens (tertiary/aromatic N) is 1. The third kappa shape index (κ3) is 3.61. The second-order valence-electron chi connectivity index (χ2n) is 8.50. The average molecular weight is 456 g/mol. The van der Waals surface area contributed by atoms with Gasteiger partial charge in [0.15, 0.2) is 0 Å². The van der Waals surface area contributed by atoms with Crippen molar-refractivity contribution in [2.75, 3.05) is 18.6 Å². The van der Waals surface area contributed by atoms with Crippen LogP contribution in [-0.4, -0.2) is 30.5 Å². The highest BCUT2D eigenvalue weighted by atomic mass is 16.5. The first-order valence-electron chi connectivity index (χ1n) is 11.3. The number of ketones is 1. The highest BCUT2D eigenvalue weighted by Gasteiger charge is 2.47. The average Bonchev–Trinajstić information content (AvgIpc) is 3.13. The Bertz CT molecular complexity index is 1310. The molecule has 6 nitrogen and oxygen atoms in total. The zero-order valence-corrected chi connectivity index (χ0v) is 19.1. The zero-order chi connectivity index (χ0) is 23.8. The number of Topliss-reactive ketones (excluding diaryl/α,β-unsaturated/α-hetero) is 1. The third-order valence-electron chi connectivity index (χ3n) is 6.46. The molecule has 0 bridgehead atoms. The van der Waals surface area contributed by atoms with Crippen LogP contribution in [0.2, 0.25) is 0 Å². The van der Waals surface area contributed by atoms with Gasteiger partial charge in [0.05, 0.1) is 25.3 Å². The highest BCUT2D eigenvalue weighted by molar-refractivity contribution is 6.51. The minimum atomic E-state index is -0.762. The minimum Gasteiger partial charge on any atom is -0.507 e. The van der Waals surface area contributed by atoms with E-state index >= 15 is 0 Å². The molecule has 3 aromatic carbocycles. The Morgan fingerprint density at radius 1 is 1.06 bits per heavy atom. The summed E-state index contributed by atoms with van der Waals surface area (Å²) in [7, 11) is 1.57. The molecule has 2 heterocycles. The van der Waals surface area contributed by atoms with Crippen LogP contribution >= 0.6 is 0 Å². The number of fused-ring (bicyclic) bond motifs is 1. The molecule has 3 aromatic rings. The van der Waals surface area contributed by atoms with Crippen molar-refractivity contribution in [3.05, 3.63) is 94.6 Å². The predicted octanol–water partition coefficient (Wildman–Crippen LogP) is 4.95. The molecule has 5 rings (SSSR count). The lowest BCUT2D eigenvalue weighted by molar-refractivity contribution is -0.132. The van der Waals surface area contributed by atoms with Gasteiger partial charge in [0.2, 0.25) is 0 Å². The quantitative estimate of drug-likeness (QED) is 0.342. The first kappa shape index (κ1) is 21.8. The van der Waals surface area contributed by atoms with Crippen LogP contribution in [0, 0.1) is 6.92 Å². The molecule has 172 valence electrons. The van der Waals surface area contributed by atoms with E-state index in [9.17, 15) is 14.7 Å². The van der Waals surface area contributed by atoms with Crippen LogP contribution in [0.3, 0.4) is 0 Å². The van der Waals surface area contributed by atoms with Gasteiger partial charge in [-0.2, -0.15) is 0 Å². The molecule has 0 saturated carbocycles. The number of rotatable bonds is 4. The predicted molar refractivity (Wildman–Crippen MR) is 129 cm³/mol. The van der Waals surface area contributed by atoms with Gasteiger partial charge in [0, 0.05) is 11.3 Å². The number of aryl methyl sites for hydroxylation is 2. The molecular weight excluding hydrogens is 430 g/mol. The van der Waals surface area contributed by atoms with Gasteiger partial charge in [-0.3, -0.25) is 14.5 Å². The maximum Gasteiger partial charge on any atom is 0.300 e. The summed E-state index contributed by atoms with van der Waals surface area (Å²) in [5.74, 6) is -0.145. The maximum atomic E-state index is 13.4. The summed E-state index contributed by atoms with van der Waals surface area (Å²) in [6.07, 6.45) is 1.72. The van der Waals surface area contributed by atoms with E-state index in [0.717, 1.165) is 35.3 Å². The van der Waals surface area contributed by atoms with E-state index < -0.39 is 17.7 Å². The van der Waals surface area contributed by atoms with E-state index in [1.807, 2.05) is 43.3 Å². The molecular formula is C28H25NO5. The normalized spacial score (nSPS) is 19.0. The topological polar surface area (TPSA) is 76.1 Å². The van der Waals surface area contributed by atoms with Crippen molar-refractivity contribution in [2.45, 2.75) is 25.8 Å². The minimum absolute atomic E-state index is 0.0757. The third-order valence-corrected chi connectivity index (χ3v) is 6.46. The van der Waals surface area contributed by atoms with Crippen LogP contribution in [-0.2, 0) is 16.0 Å². The van der Waals surface area contributed by atoms with Gasteiger partial charge in [0.1, 0.15) is 17.3 Å². The van der Waals surface area contributed by atoms with Crippen LogP contribution in [0.5, 0.6) is 11.5 Å². The fourth-order valence-electron chi connectivity index (χ4n) is 4.69. The first-order chi connectivity index (χ1) is 16.5. The summed E-state index contributed by atoms with van der Waals surface area (Å²) in [6, 6.07) is 19.2. The van der Waals surface area contributed by atoms with Crippen molar-refractivity contribution >= 4 is 23.1 Å². The van der Waals surface area contributed by atoms with Gasteiger partial charge in [-0.25, -0.2) is 0 Å². The molecule has 2 aliphatic rings. The lowest BCUT2D eigenvalue weighted by Gasteiger charge is -2.27. The summed E-state index contributed by atoms with van der Waals surface area (Å²) in [4.78, 5) is 28.1. The molecule has 1 amide bonds. The highest BCUT2D eigenvalue weighted by Crippen LogP contribution is 2.43. The number of aliphatic hydroxyl groups is 1. The molecule has 0 aliphatic carbocycles. The number of anilines is 1. The van der Waals surface area contributed by atoms with E-state index in [4.69, 9.17) is 9.47 Å².